The smallest absolute Gasteiger partial charge is 0.106 e. The number of pyridine rings is 1. The lowest BCUT2D eigenvalue weighted by molar-refractivity contribution is 0.278. The number of nitrogens with zero attached hydrogens (tertiary/aromatic N) is 1. The van der Waals surface area contributed by atoms with Crippen molar-refractivity contribution in [2.75, 3.05) is 0 Å². The Bertz CT molecular complexity index is 593. The van der Waals surface area contributed by atoms with Crippen molar-refractivity contribution in [2.24, 2.45) is 5.73 Å². The first-order valence-corrected chi connectivity index (χ1v) is 7.13. The molecule has 0 amide bonds. The van der Waals surface area contributed by atoms with E-state index < -0.39 is 0 Å². The van der Waals surface area contributed by atoms with E-state index in [2.05, 4.69) is 4.98 Å². The fourth-order valence-corrected chi connectivity index (χ4v) is 3.26. The molecular weight excluding hydrogens is 303 g/mol. The molecule has 2 rings (SSSR count). The van der Waals surface area contributed by atoms with Crippen LogP contribution in [0.15, 0.2) is 40.4 Å². The van der Waals surface area contributed by atoms with Gasteiger partial charge in [-0.05, 0) is 23.8 Å². The van der Waals surface area contributed by atoms with E-state index in [1.54, 1.807) is 24.4 Å². The molecule has 0 atom stereocenters. The van der Waals surface area contributed by atoms with Crippen molar-refractivity contribution in [3.8, 4) is 0 Å². The Morgan fingerprint density at radius 2 is 2.05 bits per heavy atom. The third kappa shape index (κ3) is 3.41. The fourth-order valence-electron chi connectivity index (χ4n) is 1.61. The van der Waals surface area contributed by atoms with Crippen LogP contribution in [0.4, 0.5) is 0 Å². The number of rotatable bonds is 4. The van der Waals surface area contributed by atoms with E-state index in [0.717, 1.165) is 16.0 Å². The number of hydrogen-bond donors (Lipinski definition) is 2. The Hall–Kier alpha value is -0.780. The molecule has 0 aliphatic carbocycles. The molecule has 0 saturated carbocycles. The average Bonchev–Trinajstić information content (AvgIpc) is 2.42. The molecule has 0 saturated heterocycles. The summed E-state index contributed by atoms with van der Waals surface area (Å²) in [4.78, 5) is 5.08. The lowest BCUT2D eigenvalue weighted by Crippen LogP contribution is -2.00. The Morgan fingerprint density at radius 3 is 2.74 bits per heavy atom. The Labute approximate surface area is 125 Å². The Morgan fingerprint density at radius 1 is 1.26 bits per heavy atom. The van der Waals surface area contributed by atoms with Crippen LogP contribution in [0.3, 0.4) is 0 Å². The van der Waals surface area contributed by atoms with Gasteiger partial charge in [0.15, 0.2) is 0 Å². The van der Waals surface area contributed by atoms with Gasteiger partial charge in [0.05, 0.1) is 11.6 Å². The lowest BCUT2D eigenvalue weighted by atomic mass is 10.2. The molecule has 19 heavy (non-hydrogen) atoms. The summed E-state index contributed by atoms with van der Waals surface area (Å²) in [5.74, 6) is 0. The van der Waals surface area contributed by atoms with E-state index in [-0.39, 0.29) is 6.61 Å². The molecule has 0 radical (unpaired) electrons. The van der Waals surface area contributed by atoms with Crippen LogP contribution in [0.5, 0.6) is 0 Å². The largest absolute Gasteiger partial charge is 0.392 e. The van der Waals surface area contributed by atoms with Crippen LogP contribution in [0.25, 0.3) is 0 Å². The predicted octanol–water partition coefficient (Wildman–Crippen LogP) is 3.49. The summed E-state index contributed by atoms with van der Waals surface area (Å²) >= 11 is 13.5. The van der Waals surface area contributed by atoms with E-state index in [9.17, 15) is 5.11 Å². The number of benzene rings is 1. The first kappa shape index (κ1) is 14.6. The highest BCUT2D eigenvalue weighted by atomic mass is 35.5. The molecule has 0 unspecified atom stereocenters. The van der Waals surface area contributed by atoms with Crippen LogP contribution in [0, 0.1) is 0 Å². The minimum Gasteiger partial charge on any atom is -0.392 e. The van der Waals surface area contributed by atoms with Crippen molar-refractivity contribution in [3.05, 3.63) is 51.6 Å². The van der Waals surface area contributed by atoms with Crippen LogP contribution < -0.4 is 5.73 Å². The van der Waals surface area contributed by atoms with E-state index >= 15 is 0 Å². The monoisotopic (exact) mass is 314 g/mol. The second kappa shape index (κ2) is 6.59. The van der Waals surface area contributed by atoms with Crippen molar-refractivity contribution in [1.82, 2.24) is 4.98 Å². The Balaban J connectivity index is 2.43. The quantitative estimate of drug-likeness (QED) is 0.907. The molecule has 0 aliphatic rings. The van der Waals surface area contributed by atoms with Gasteiger partial charge in [-0.3, -0.25) is 0 Å². The van der Waals surface area contributed by atoms with Gasteiger partial charge < -0.3 is 10.8 Å². The molecule has 2 aromatic rings. The molecule has 0 fully saturated rings. The summed E-state index contributed by atoms with van der Waals surface area (Å²) in [6.45, 7) is 0.267. The Kier molecular flexibility index (Phi) is 5.07. The zero-order valence-corrected chi connectivity index (χ0v) is 12.3. The molecule has 3 nitrogen and oxygen atoms in total. The van der Waals surface area contributed by atoms with Crippen molar-refractivity contribution in [1.29, 1.82) is 0 Å². The average molecular weight is 315 g/mol. The molecule has 6 heteroatoms. The van der Waals surface area contributed by atoms with E-state index in [1.165, 1.54) is 11.8 Å². The molecule has 0 bridgehead atoms. The van der Waals surface area contributed by atoms with Crippen molar-refractivity contribution in [2.45, 2.75) is 23.1 Å². The number of hydrogen-bond acceptors (Lipinski definition) is 4. The van der Waals surface area contributed by atoms with Crippen LogP contribution in [-0.2, 0) is 13.2 Å². The minimum atomic E-state index is -0.0701. The van der Waals surface area contributed by atoms with Gasteiger partial charge in [0.25, 0.3) is 0 Å². The zero-order valence-electron chi connectivity index (χ0n) is 9.94. The molecule has 0 aliphatic heterocycles. The number of aliphatic hydroxyl groups is 1. The molecule has 1 aromatic heterocycles. The minimum absolute atomic E-state index is 0.0701. The van der Waals surface area contributed by atoms with Crippen LogP contribution in [-0.4, -0.2) is 10.1 Å². The lowest BCUT2D eigenvalue weighted by Gasteiger charge is -2.11. The number of aromatic nitrogens is 1. The number of halogens is 2. The normalized spacial score (nSPS) is 10.7. The highest BCUT2D eigenvalue weighted by molar-refractivity contribution is 7.99. The van der Waals surface area contributed by atoms with Crippen molar-refractivity contribution < 1.29 is 5.11 Å². The van der Waals surface area contributed by atoms with Gasteiger partial charge in [-0.15, -0.1) is 0 Å². The van der Waals surface area contributed by atoms with Gasteiger partial charge in [-0.2, -0.15) is 0 Å². The second-order valence-corrected chi connectivity index (χ2v) is 5.65. The summed E-state index contributed by atoms with van der Waals surface area (Å²) in [6.07, 6.45) is 1.67. The van der Waals surface area contributed by atoms with Gasteiger partial charge in [-0.1, -0.05) is 41.0 Å². The van der Waals surface area contributed by atoms with Crippen molar-refractivity contribution >= 4 is 35.0 Å². The third-order valence-electron chi connectivity index (χ3n) is 2.52. The first-order chi connectivity index (χ1) is 9.15. The summed E-state index contributed by atoms with van der Waals surface area (Å²) in [7, 11) is 0. The summed E-state index contributed by atoms with van der Waals surface area (Å²) < 4.78 is 0. The maximum absolute atomic E-state index is 9.30. The van der Waals surface area contributed by atoms with Crippen LogP contribution in [0.2, 0.25) is 10.0 Å². The maximum atomic E-state index is 9.30. The third-order valence-corrected chi connectivity index (χ3v) is 4.40. The van der Waals surface area contributed by atoms with Crippen LogP contribution in [0.1, 0.15) is 11.1 Å². The predicted molar refractivity (Wildman–Crippen MR) is 78.6 cm³/mol. The topological polar surface area (TPSA) is 59.1 Å². The van der Waals surface area contributed by atoms with Crippen LogP contribution >= 0.6 is 35.0 Å². The summed E-state index contributed by atoms with van der Waals surface area (Å²) in [5, 5.41) is 11.1. The van der Waals surface area contributed by atoms with Gasteiger partial charge in [-0.25, -0.2) is 4.98 Å². The highest BCUT2D eigenvalue weighted by Crippen LogP contribution is 2.38. The molecule has 1 heterocycles. The molecule has 100 valence electrons. The zero-order chi connectivity index (χ0) is 13.8. The molecule has 0 spiro atoms. The van der Waals surface area contributed by atoms with Crippen molar-refractivity contribution in [3.63, 3.8) is 0 Å². The number of aliphatic hydroxyl groups excluding tert-OH is 1. The van der Waals surface area contributed by atoms with Gasteiger partial charge in [0.1, 0.15) is 5.03 Å². The standard InChI is InChI=1S/C13H12Cl2N2OS/c14-10-4-9(6-16)12(11(15)5-10)19-13-8(7-18)2-1-3-17-13/h1-5,18H,6-7,16H2. The highest BCUT2D eigenvalue weighted by Gasteiger charge is 2.12. The summed E-state index contributed by atoms with van der Waals surface area (Å²) in [5.41, 5.74) is 7.32. The second-order valence-electron chi connectivity index (χ2n) is 3.81. The summed E-state index contributed by atoms with van der Waals surface area (Å²) in [6, 6.07) is 7.06. The number of nitrogens with two attached hydrogens (primary N) is 1. The van der Waals surface area contributed by atoms with E-state index in [0.29, 0.717) is 21.6 Å². The van der Waals surface area contributed by atoms with E-state index in [1.807, 2.05) is 6.07 Å². The first-order valence-electron chi connectivity index (χ1n) is 5.56. The van der Waals surface area contributed by atoms with Gasteiger partial charge in [0, 0.05) is 28.2 Å². The van der Waals surface area contributed by atoms with Gasteiger partial charge in [0.2, 0.25) is 0 Å². The fraction of sp³-hybridized carbons (Fsp3) is 0.154. The van der Waals surface area contributed by atoms with E-state index in [4.69, 9.17) is 28.9 Å². The molecule has 3 N–H and O–H groups in total. The SMILES string of the molecule is NCc1cc(Cl)cc(Cl)c1Sc1ncccc1CO. The molecular formula is C13H12Cl2N2OS. The van der Waals surface area contributed by atoms with Gasteiger partial charge >= 0.3 is 0 Å². The maximum Gasteiger partial charge on any atom is 0.106 e. The molecule has 1 aromatic carbocycles.